The molecule has 0 saturated heterocycles. The standard InChI is InChI=1S/C12H17F3N4/c13-12(14,15)10-5-6-11(18-17-10)19(8-7-16)9-3-1-2-4-9/h5-6,9H,1-4,7-8,16H2. The monoisotopic (exact) mass is 274 g/mol. The van der Waals surface area contributed by atoms with E-state index in [0.29, 0.717) is 24.9 Å². The van der Waals surface area contributed by atoms with Crippen molar-refractivity contribution in [1.29, 1.82) is 0 Å². The highest BCUT2D eigenvalue weighted by Crippen LogP contribution is 2.29. The summed E-state index contributed by atoms with van der Waals surface area (Å²) in [7, 11) is 0. The third-order valence-corrected chi connectivity index (χ3v) is 3.37. The molecule has 19 heavy (non-hydrogen) atoms. The molecule has 0 aliphatic heterocycles. The Morgan fingerprint density at radius 1 is 1.21 bits per heavy atom. The molecule has 1 heterocycles. The first-order valence-corrected chi connectivity index (χ1v) is 6.40. The van der Waals surface area contributed by atoms with E-state index < -0.39 is 11.9 Å². The lowest BCUT2D eigenvalue weighted by Crippen LogP contribution is -2.38. The van der Waals surface area contributed by atoms with Gasteiger partial charge < -0.3 is 10.6 Å². The number of rotatable bonds is 4. The van der Waals surface area contributed by atoms with E-state index in [-0.39, 0.29) is 0 Å². The van der Waals surface area contributed by atoms with Crippen molar-refractivity contribution in [2.45, 2.75) is 37.9 Å². The minimum Gasteiger partial charge on any atom is -0.351 e. The molecule has 0 aromatic carbocycles. The first kappa shape index (κ1) is 14.0. The first-order valence-electron chi connectivity index (χ1n) is 6.40. The third kappa shape index (κ3) is 3.34. The van der Waals surface area contributed by atoms with E-state index >= 15 is 0 Å². The van der Waals surface area contributed by atoms with Crippen LogP contribution in [-0.2, 0) is 6.18 Å². The van der Waals surface area contributed by atoms with Crippen molar-refractivity contribution in [3.63, 3.8) is 0 Å². The van der Waals surface area contributed by atoms with Crippen molar-refractivity contribution in [3.8, 4) is 0 Å². The van der Waals surface area contributed by atoms with Gasteiger partial charge in [0, 0.05) is 19.1 Å². The highest BCUT2D eigenvalue weighted by atomic mass is 19.4. The second-order valence-corrected chi connectivity index (χ2v) is 4.69. The molecule has 0 amide bonds. The van der Waals surface area contributed by atoms with Crippen LogP contribution in [0.5, 0.6) is 0 Å². The van der Waals surface area contributed by atoms with E-state index in [1.807, 2.05) is 4.90 Å². The lowest BCUT2D eigenvalue weighted by molar-refractivity contribution is -0.141. The van der Waals surface area contributed by atoms with Crippen molar-refractivity contribution in [3.05, 3.63) is 17.8 Å². The molecule has 1 saturated carbocycles. The molecular formula is C12H17F3N4. The molecule has 1 aliphatic carbocycles. The minimum atomic E-state index is -4.45. The Morgan fingerprint density at radius 3 is 2.37 bits per heavy atom. The Kier molecular flexibility index (Phi) is 4.24. The van der Waals surface area contributed by atoms with E-state index in [0.717, 1.165) is 31.7 Å². The van der Waals surface area contributed by atoms with Crippen molar-refractivity contribution in [1.82, 2.24) is 10.2 Å². The van der Waals surface area contributed by atoms with Gasteiger partial charge in [-0.2, -0.15) is 13.2 Å². The summed E-state index contributed by atoms with van der Waals surface area (Å²) in [6.07, 6.45) is -0.109. The van der Waals surface area contributed by atoms with Crippen molar-refractivity contribution in [2.75, 3.05) is 18.0 Å². The smallest absolute Gasteiger partial charge is 0.351 e. The maximum Gasteiger partial charge on any atom is 0.435 e. The van der Waals surface area contributed by atoms with Crippen LogP contribution in [0.25, 0.3) is 0 Å². The molecule has 0 spiro atoms. The number of halogens is 3. The van der Waals surface area contributed by atoms with Gasteiger partial charge in [-0.3, -0.25) is 0 Å². The number of nitrogens with zero attached hydrogens (tertiary/aromatic N) is 3. The highest BCUT2D eigenvalue weighted by Gasteiger charge is 2.33. The largest absolute Gasteiger partial charge is 0.435 e. The van der Waals surface area contributed by atoms with Crippen molar-refractivity contribution < 1.29 is 13.2 Å². The van der Waals surface area contributed by atoms with Crippen LogP contribution in [0.15, 0.2) is 12.1 Å². The Morgan fingerprint density at radius 2 is 1.89 bits per heavy atom. The summed E-state index contributed by atoms with van der Waals surface area (Å²) in [5, 5.41) is 6.98. The van der Waals surface area contributed by atoms with Gasteiger partial charge in [0.25, 0.3) is 0 Å². The Balaban J connectivity index is 2.17. The van der Waals surface area contributed by atoms with Gasteiger partial charge in [-0.05, 0) is 25.0 Å². The van der Waals surface area contributed by atoms with E-state index in [4.69, 9.17) is 5.73 Å². The zero-order chi connectivity index (χ0) is 13.9. The molecule has 0 radical (unpaired) electrons. The van der Waals surface area contributed by atoms with E-state index in [1.54, 1.807) is 0 Å². The van der Waals surface area contributed by atoms with Gasteiger partial charge in [0.15, 0.2) is 11.5 Å². The molecule has 0 bridgehead atoms. The van der Waals surface area contributed by atoms with Gasteiger partial charge in [-0.1, -0.05) is 12.8 Å². The average Bonchev–Trinajstić information content (AvgIpc) is 2.89. The molecule has 1 fully saturated rings. The van der Waals surface area contributed by atoms with Gasteiger partial charge in [0.2, 0.25) is 0 Å². The van der Waals surface area contributed by atoms with Crippen LogP contribution >= 0.6 is 0 Å². The fourth-order valence-corrected chi connectivity index (χ4v) is 2.47. The maximum absolute atomic E-state index is 12.4. The molecule has 4 nitrogen and oxygen atoms in total. The number of alkyl halides is 3. The summed E-state index contributed by atoms with van der Waals surface area (Å²) in [5.74, 6) is 0.477. The van der Waals surface area contributed by atoms with Gasteiger partial charge in [-0.15, -0.1) is 10.2 Å². The number of aromatic nitrogens is 2. The predicted molar refractivity (Wildman–Crippen MR) is 65.7 cm³/mol. The molecule has 106 valence electrons. The molecule has 7 heteroatoms. The zero-order valence-corrected chi connectivity index (χ0v) is 10.5. The Hall–Kier alpha value is -1.37. The third-order valence-electron chi connectivity index (χ3n) is 3.37. The number of hydrogen-bond acceptors (Lipinski definition) is 4. The van der Waals surface area contributed by atoms with Crippen LogP contribution in [0.3, 0.4) is 0 Å². The molecule has 0 unspecified atom stereocenters. The molecular weight excluding hydrogens is 257 g/mol. The van der Waals surface area contributed by atoms with Crippen LogP contribution in [0, 0.1) is 0 Å². The van der Waals surface area contributed by atoms with Crippen LogP contribution < -0.4 is 10.6 Å². The van der Waals surface area contributed by atoms with E-state index in [2.05, 4.69) is 10.2 Å². The summed E-state index contributed by atoms with van der Waals surface area (Å²) in [6, 6.07) is 2.67. The normalized spacial score (nSPS) is 16.8. The summed E-state index contributed by atoms with van der Waals surface area (Å²) < 4.78 is 37.3. The van der Waals surface area contributed by atoms with Crippen LogP contribution in [0.1, 0.15) is 31.4 Å². The van der Waals surface area contributed by atoms with Crippen LogP contribution in [-0.4, -0.2) is 29.3 Å². The second kappa shape index (κ2) is 5.73. The Labute approximate surface area is 109 Å². The van der Waals surface area contributed by atoms with Gasteiger partial charge in [0.1, 0.15) is 0 Å². The minimum absolute atomic E-state index is 0.314. The van der Waals surface area contributed by atoms with Gasteiger partial charge in [-0.25, -0.2) is 0 Å². The molecule has 1 aliphatic rings. The summed E-state index contributed by atoms with van der Waals surface area (Å²) >= 11 is 0. The van der Waals surface area contributed by atoms with Crippen LogP contribution in [0.4, 0.5) is 19.0 Å². The first-order chi connectivity index (χ1) is 9.02. The number of hydrogen-bond donors (Lipinski definition) is 1. The fourth-order valence-electron chi connectivity index (χ4n) is 2.47. The predicted octanol–water partition coefficient (Wildman–Crippen LogP) is 2.20. The zero-order valence-electron chi connectivity index (χ0n) is 10.5. The van der Waals surface area contributed by atoms with Crippen molar-refractivity contribution in [2.24, 2.45) is 5.73 Å². The lowest BCUT2D eigenvalue weighted by atomic mass is 10.2. The average molecular weight is 274 g/mol. The summed E-state index contributed by atoms with van der Waals surface area (Å²) in [4.78, 5) is 1.97. The molecule has 0 atom stereocenters. The Bertz CT molecular complexity index is 398. The maximum atomic E-state index is 12.4. The summed E-state index contributed by atoms with van der Waals surface area (Å²) in [6.45, 7) is 1.03. The molecule has 1 aromatic heterocycles. The van der Waals surface area contributed by atoms with E-state index in [1.165, 1.54) is 6.07 Å². The van der Waals surface area contributed by atoms with E-state index in [9.17, 15) is 13.2 Å². The number of anilines is 1. The van der Waals surface area contributed by atoms with Gasteiger partial charge in [0.05, 0.1) is 0 Å². The lowest BCUT2D eigenvalue weighted by Gasteiger charge is -2.29. The summed E-state index contributed by atoms with van der Waals surface area (Å²) in [5.41, 5.74) is 4.60. The quantitative estimate of drug-likeness (QED) is 0.914. The van der Waals surface area contributed by atoms with Crippen molar-refractivity contribution >= 4 is 5.82 Å². The highest BCUT2D eigenvalue weighted by molar-refractivity contribution is 5.39. The SMILES string of the molecule is NCCN(c1ccc(C(F)(F)F)nn1)C1CCCC1. The second-order valence-electron chi connectivity index (χ2n) is 4.69. The van der Waals surface area contributed by atoms with Gasteiger partial charge >= 0.3 is 6.18 Å². The fraction of sp³-hybridized carbons (Fsp3) is 0.667. The molecule has 2 rings (SSSR count). The molecule has 1 aromatic rings. The molecule has 2 N–H and O–H groups in total. The topological polar surface area (TPSA) is 55.0 Å². The van der Waals surface area contributed by atoms with Crippen LogP contribution in [0.2, 0.25) is 0 Å². The number of nitrogens with two attached hydrogens (primary N) is 1.